The normalized spacial score (nSPS) is 32.0. The number of amides is 6. The highest BCUT2D eigenvalue weighted by atomic mass is 35.5. The fourth-order valence-electron chi connectivity index (χ4n) is 6.97. The van der Waals surface area contributed by atoms with Crippen LogP contribution in [0, 0.1) is 23.6 Å². The molecule has 6 unspecified atom stereocenters. The van der Waals surface area contributed by atoms with E-state index in [1.54, 1.807) is 13.0 Å². The number of allylic oxidation sites excluding steroid dienone is 2. The van der Waals surface area contributed by atoms with Gasteiger partial charge in [-0.2, -0.15) is 4.90 Å². The van der Waals surface area contributed by atoms with Crippen molar-refractivity contribution in [2.45, 2.75) is 35.4 Å². The Morgan fingerprint density at radius 2 is 1.76 bits per heavy atom. The zero-order chi connectivity index (χ0) is 30.3. The maximum Gasteiger partial charge on any atom is 0.328 e. The smallest absolute Gasteiger partial charge is 0.328 e. The Labute approximate surface area is 248 Å². The van der Waals surface area contributed by atoms with Crippen LogP contribution in [0.5, 0.6) is 11.5 Å². The molecule has 6 rings (SSSR count). The minimum absolute atomic E-state index is 0.0437. The number of nitrogens with two attached hydrogens (primary N) is 1. The molecule has 0 spiro atoms. The van der Waals surface area contributed by atoms with E-state index in [1.165, 1.54) is 30.3 Å². The van der Waals surface area contributed by atoms with Crippen molar-refractivity contribution in [3.8, 4) is 11.5 Å². The number of benzene rings is 2. The first kappa shape index (κ1) is 28.2. The number of carbonyl (C=O) groups excluding carboxylic acids is 5. The van der Waals surface area contributed by atoms with Crippen LogP contribution < -0.4 is 15.4 Å². The average molecular weight is 616 g/mol. The number of nitrogens with zero attached hydrogens (tertiary/aromatic N) is 2. The SMILES string of the molecule is CCOc1cc(C2C3=CCC4C(=O)N(C(N)=O)C(=O)C4C3CC3(Cl)C(=O)N(c4ccc(F)cc4)C(=O)C23Cl)ccc1O. The number of rotatable bonds is 4. The number of likely N-dealkylation sites (tertiary alicyclic amines) is 1. The van der Waals surface area contributed by atoms with Crippen molar-refractivity contribution in [2.75, 3.05) is 11.5 Å². The summed E-state index contributed by atoms with van der Waals surface area (Å²) in [5.74, 6) is -8.02. The van der Waals surface area contributed by atoms with Gasteiger partial charge in [-0.25, -0.2) is 14.1 Å². The van der Waals surface area contributed by atoms with E-state index in [4.69, 9.17) is 33.7 Å². The number of urea groups is 1. The van der Waals surface area contributed by atoms with E-state index in [2.05, 4.69) is 0 Å². The minimum atomic E-state index is -2.15. The fourth-order valence-corrected chi connectivity index (χ4v) is 7.91. The molecule has 2 aromatic carbocycles. The number of ether oxygens (including phenoxy) is 1. The molecule has 3 N–H and O–H groups in total. The highest BCUT2D eigenvalue weighted by Gasteiger charge is 2.76. The maximum atomic E-state index is 14.3. The van der Waals surface area contributed by atoms with Gasteiger partial charge in [0.2, 0.25) is 11.8 Å². The van der Waals surface area contributed by atoms with Gasteiger partial charge in [0, 0.05) is 5.92 Å². The molecule has 42 heavy (non-hydrogen) atoms. The molecule has 0 bridgehead atoms. The van der Waals surface area contributed by atoms with Gasteiger partial charge >= 0.3 is 6.03 Å². The molecule has 10 nitrogen and oxygen atoms in total. The number of alkyl halides is 2. The molecule has 6 amide bonds. The van der Waals surface area contributed by atoms with Gasteiger partial charge < -0.3 is 15.6 Å². The first-order chi connectivity index (χ1) is 19.9. The summed E-state index contributed by atoms with van der Waals surface area (Å²) in [4.78, 5) is 63.9. The van der Waals surface area contributed by atoms with Crippen molar-refractivity contribution in [2.24, 2.45) is 23.5 Å². The van der Waals surface area contributed by atoms with E-state index in [0.29, 0.717) is 16.0 Å². The summed E-state index contributed by atoms with van der Waals surface area (Å²) in [5, 5.41) is 10.4. The quantitative estimate of drug-likeness (QED) is 0.303. The van der Waals surface area contributed by atoms with Crippen LogP contribution in [0.4, 0.5) is 14.9 Å². The van der Waals surface area contributed by atoms with Crippen molar-refractivity contribution in [3.05, 3.63) is 65.5 Å². The van der Waals surface area contributed by atoms with Crippen LogP contribution in [0.2, 0.25) is 0 Å². The number of anilines is 1. The summed E-state index contributed by atoms with van der Waals surface area (Å²) in [6.45, 7) is 1.92. The Hall–Kier alpha value is -3.96. The van der Waals surface area contributed by atoms with E-state index in [0.717, 1.165) is 17.0 Å². The molecule has 2 aromatic rings. The molecular weight excluding hydrogens is 592 g/mol. The number of hydrogen-bond donors (Lipinski definition) is 2. The molecule has 6 atom stereocenters. The Kier molecular flexibility index (Phi) is 6.39. The zero-order valence-corrected chi connectivity index (χ0v) is 23.6. The molecule has 2 saturated heterocycles. The van der Waals surface area contributed by atoms with Crippen LogP contribution in [0.15, 0.2) is 54.1 Å². The van der Waals surface area contributed by atoms with Gasteiger partial charge in [-0.1, -0.05) is 17.7 Å². The third-order valence-electron chi connectivity index (χ3n) is 8.73. The molecule has 4 aliphatic rings. The molecule has 1 saturated carbocycles. The second-order valence-corrected chi connectivity index (χ2v) is 12.0. The van der Waals surface area contributed by atoms with Gasteiger partial charge in [0.05, 0.1) is 24.1 Å². The number of imide groups is 4. The molecule has 0 aromatic heterocycles. The number of carbonyl (C=O) groups is 5. The third-order valence-corrected chi connectivity index (χ3v) is 10.1. The van der Waals surface area contributed by atoms with Gasteiger partial charge in [0.15, 0.2) is 21.2 Å². The van der Waals surface area contributed by atoms with E-state index in [1.807, 2.05) is 0 Å². The number of halogens is 3. The lowest BCUT2D eigenvalue weighted by Gasteiger charge is -2.50. The molecule has 13 heteroatoms. The number of phenolic OH excluding ortho intramolecular Hbond substituents is 1. The van der Waals surface area contributed by atoms with Gasteiger partial charge in [-0.05, 0) is 67.6 Å². The van der Waals surface area contributed by atoms with Gasteiger partial charge in [-0.3, -0.25) is 19.2 Å². The molecule has 0 radical (unpaired) electrons. The summed E-state index contributed by atoms with van der Waals surface area (Å²) in [6, 6.07) is 7.79. The van der Waals surface area contributed by atoms with Crippen LogP contribution in [0.3, 0.4) is 0 Å². The minimum Gasteiger partial charge on any atom is -0.504 e. The molecule has 2 aliphatic carbocycles. The van der Waals surface area contributed by atoms with Crippen LogP contribution in [-0.4, -0.2) is 56.0 Å². The van der Waals surface area contributed by atoms with Crippen LogP contribution in [0.25, 0.3) is 0 Å². The average Bonchev–Trinajstić information content (AvgIpc) is 3.29. The van der Waals surface area contributed by atoms with Crippen molar-refractivity contribution >= 4 is 58.5 Å². The Bertz CT molecular complexity index is 1610. The van der Waals surface area contributed by atoms with Gasteiger partial charge in [-0.15, -0.1) is 23.2 Å². The van der Waals surface area contributed by atoms with Crippen molar-refractivity contribution in [1.82, 2.24) is 4.90 Å². The summed E-state index contributed by atoms with van der Waals surface area (Å²) in [6.07, 6.45) is 1.42. The zero-order valence-electron chi connectivity index (χ0n) is 22.1. The van der Waals surface area contributed by atoms with Gasteiger partial charge in [0.1, 0.15) is 5.82 Å². The second kappa shape index (κ2) is 9.53. The van der Waals surface area contributed by atoms with Crippen LogP contribution in [-0.2, 0) is 19.2 Å². The fraction of sp³-hybridized carbons (Fsp3) is 0.345. The monoisotopic (exact) mass is 615 g/mol. The van der Waals surface area contributed by atoms with Gasteiger partial charge in [0.25, 0.3) is 11.8 Å². The van der Waals surface area contributed by atoms with Crippen LogP contribution >= 0.6 is 23.2 Å². The molecule has 2 heterocycles. The predicted molar refractivity (Wildman–Crippen MR) is 147 cm³/mol. The molecule has 3 fully saturated rings. The van der Waals surface area contributed by atoms with Crippen molar-refractivity contribution in [3.63, 3.8) is 0 Å². The number of fused-ring (bicyclic) bond motifs is 4. The van der Waals surface area contributed by atoms with E-state index in [-0.39, 0.29) is 36.6 Å². The lowest BCUT2D eigenvalue weighted by atomic mass is 9.56. The highest BCUT2D eigenvalue weighted by Crippen LogP contribution is 2.66. The summed E-state index contributed by atoms with van der Waals surface area (Å²) in [5.41, 5.74) is 6.23. The summed E-state index contributed by atoms with van der Waals surface area (Å²) < 4.78 is 19.3. The van der Waals surface area contributed by atoms with E-state index >= 15 is 0 Å². The van der Waals surface area contributed by atoms with Crippen molar-refractivity contribution < 1.29 is 38.2 Å². The predicted octanol–water partition coefficient (Wildman–Crippen LogP) is 3.57. The summed E-state index contributed by atoms with van der Waals surface area (Å²) >= 11 is 14.5. The Morgan fingerprint density at radius 3 is 2.40 bits per heavy atom. The standard InChI is InChI=1S/C29H24Cl2FN3O7/c1-2-42-20-11-13(3-10-19(20)36)22-16-8-9-17-21(24(38)35(23(17)37)27(33)41)18(16)12-28(30)25(39)34(26(40)29(22,28)31)15-6-4-14(32)5-7-15/h3-8,10-11,17-18,21-22,36H,2,9,12H2,1H3,(H2,33,41). The lowest BCUT2D eigenvalue weighted by molar-refractivity contribution is -0.136. The van der Waals surface area contributed by atoms with Crippen molar-refractivity contribution in [1.29, 1.82) is 0 Å². The third kappa shape index (κ3) is 3.59. The number of primary amides is 1. The van der Waals surface area contributed by atoms with E-state index < -0.39 is 68.9 Å². The first-order valence-electron chi connectivity index (χ1n) is 13.2. The Morgan fingerprint density at radius 1 is 1.07 bits per heavy atom. The topological polar surface area (TPSA) is 147 Å². The summed E-state index contributed by atoms with van der Waals surface area (Å²) in [7, 11) is 0. The Balaban J connectivity index is 1.57. The molecule has 2 aliphatic heterocycles. The molecular formula is C29H24Cl2FN3O7. The number of phenols is 1. The number of hydrogen-bond acceptors (Lipinski definition) is 7. The highest BCUT2D eigenvalue weighted by molar-refractivity contribution is 6.58. The second-order valence-electron chi connectivity index (χ2n) is 10.8. The largest absolute Gasteiger partial charge is 0.504 e. The lowest BCUT2D eigenvalue weighted by Crippen LogP contribution is -2.60. The van der Waals surface area contributed by atoms with Crippen LogP contribution in [0.1, 0.15) is 31.2 Å². The number of aromatic hydroxyl groups is 1. The first-order valence-corrected chi connectivity index (χ1v) is 14.0. The molecule has 218 valence electrons. The maximum absolute atomic E-state index is 14.3. The van der Waals surface area contributed by atoms with E-state index in [9.17, 15) is 33.5 Å².